The van der Waals surface area contributed by atoms with Gasteiger partial charge in [-0.25, -0.2) is 0 Å². The van der Waals surface area contributed by atoms with E-state index in [1.165, 1.54) is 0 Å². The number of aliphatic hydroxyl groups is 1. The lowest BCUT2D eigenvalue weighted by Gasteiger charge is -2.15. The van der Waals surface area contributed by atoms with E-state index < -0.39 is 6.10 Å². The zero-order valence-electron chi connectivity index (χ0n) is 12.1. The monoisotopic (exact) mass is 352 g/mol. The highest BCUT2D eigenvalue weighted by atomic mass is 79.9. The van der Waals surface area contributed by atoms with Gasteiger partial charge in [-0.2, -0.15) is 0 Å². The van der Waals surface area contributed by atoms with E-state index >= 15 is 0 Å². The van der Waals surface area contributed by atoms with Crippen LogP contribution in [-0.2, 0) is 0 Å². The molecule has 0 saturated heterocycles. The molecule has 0 amide bonds. The number of hydrogen-bond donors (Lipinski definition) is 1. The van der Waals surface area contributed by atoms with E-state index in [9.17, 15) is 5.11 Å². The second kappa shape index (κ2) is 6.83. The van der Waals surface area contributed by atoms with Crippen molar-refractivity contribution in [3.63, 3.8) is 0 Å². The number of aliphatic hydroxyl groups excluding tert-OH is 1. The summed E-state index contributed by atoms with van der Waals surface area (Å²) >= 11 is 3.45. The minimum atomic E-state index is -0.531. The van der Waals surface area contributed by atoms with Gasteiger partial charge in [-0.15, -0.1) is 0 Å². The topological polar surface area (TPSA) is 47.9 Å². The summed E-state index contributed by atoms with van der Waals surface area (Å²) in [6.45, 7) is 1.71. The van der Waals surface area contributed by atoms with Crippen LogP contribution < -0.4 is 14.2 Å². The third-order valence-corrected chi connectivity index (χ3v) is 3.65. The minimum Gasteiger partial charge on any atom is -0.493 e. The van der Waals surface area contributed by atoms with E-state index in [1.807, 2.05) is 18.2 Å². The molecule has 1 N–H and O–H groups in total. The highest BCUT2D eigenvalue weighted by molar-refractivity contribution is 9.10. The first kappa shape index (κ1) is 15.7. The molecule has 0 aliphatic carbocycles. The molecule has 112 valence electrons. The first-order chi connectivity index (χ1) is 10.1. The molecule has 0 fully saturated rings. The molecule has 2 rings (SSSR count). The Morgan fingerprint density at radius 2 is 1.62 bits per heavy atom. The number of hydrogen-bond acceptors (Lipinski definition) is 4. The van der Waals surface area contributed by atoms with Crippen molar-refractivity contribution in [3.05, 3.63) is 46.4 Å². The molecule has 0 heterocycles. The number of para-hydroxylation sites is 1. The van der Waals surface area contributed by atoms with Crippen molar-refractivity contribution in [1.82, 2.24) is 0 Å². The Labute approximate surface area is 132 Å². The fourth-order valence-corrected chi connectivity index (χ4v) is 2.36. The second-order valence-corrected chi connectivity index (χ2v) is 5.31. The van der Waals surface area contributed by atoms with Gasteiger partial charge >= 0.3 is 0 Å². The van der Waals surface area contributed by atoms with Crippen LogP contribution in [0.5, 0.6) is 23.0 Å². The summed E-state index contributed by atoms with van der Waals surface area (Å²) < 4.78 is 17.3. The van der Waals surface area contributed by atoms with Crippen molar-refractivity contribution in [2.24, 2.45) is 0 Å². The molecule has 0 radical (unpaired) electrons. The van der Waals surface area contributed by atoms with Gasteiger partial charge in [0.15, 0.2) is 11.5 Å². The molecule has 2 aromatic carbocycles. The SMILES string of the molecule is COc1cccc(OC)c1Oc1ccc([C@@H](C)O)cc1Br. The molecule has 5 heteroatoms. The van der Waals surface area contributed by atoms with Gasteiger partial charge < -0.3 is 19.3 Å². The molecule has 1 atom stereocenters. The van der Waals surface area contributed by atoms with Crippen LogP contribution in [0.1, 0.15) is 18.6 Å². The molecular weight excluding hydrogens is 336 g/mol. The Bertz CT molecular complexity index is 603. The summed E-state index contributed by atoms with van der Waals surface area (Å²) in [6, 6.07) is 10.9. The third kappa shape index (κ3) is 3.49. The van der Waals surface area contributed by atoms with Crippen LogP contribution >= 0.6 is 15.9 Å². The highest BCUT2D eigenvalue weighted by Crippen LogP contribution is 2.42. The van der Waals surface area contributed by atoms with Gasteiger partial charge in [-0.1, -0.05) is 12.1 Å². The third-order valence-electron chi connectivity index (χ3n) is 3.03. The first-order valence-electron chi connectivity index (χ1n) is 6.43. The number of halogens is 1. The number of benzene rings is 2. The van der Waals surface area contributed by atoms with Gasteiger partial charge in [-0.05, 0) is 52.7 Å². The van der Waals surface area contributed by atoms with E-state index in [0.717, 1.165) is 10.0 Å². The molecule has 0 aliphatic rings. The van der Waals surface area contributed by atoms with E-state index in [4.69, 9.17) is 14.2 Å². The quantitative estimate of drug-likeness (QED) is 0.870. The minimum absolute atomic E-state index is 0.507. The Morgan fingerprint density at radius 1 is 1.00 bits per heavy atom. The van der Waals surface area contributed by atoms with Gasteiger partial charge in [0.2, 0.25) is 5.75 Å². The Hall–Kier alpha value is -1.72. The zero-order chi connectivity index (χ0) is 15.4. The molecular formula is C16H17BrO4. The molecule has 0 spiro atoms. The smallest absolute Gasteiger partial charge is 0.211 e. The Morgan fingerprint density at radius 3 is 2.10 bits per heavy atom. The predicted molar refractivity (Wildman–Crippen MR) is 84.4 cm³/mol. The van der Waals surface area contributed by atoms with Gasteiger partial charge in [0.1, 0.15) is 5.75 Å². The van der Waals surface area contributed by atoms with Crippen LogP contribution in [0.2, 0.25) is 0 Å². The van der Waals surface area contributed by atoms with Crippen molar-refractivity contribution in [2.75, 3.05) is 14.2 Å². The molecule has 21 heavy (non-hydrogen) atoms. The maximum atomic E-state index is 9.59. The summed E-state index contributed by atoms with van der Waals surface area (Å²) in [6.07, 6.45) is -0.531. The normalized spacial score (nSPS) is 11.9. The van der Waals surface area contributed by atoms with Crippen LogP contribution in [0.25, 0.3) is 0 Å². The van der Waals surface area contributed by atoms with Crippen molar-refractivity contribution < 1.29 is 19.3 Å². The molecule has 0 unspecified atom stereocenters. The van der Waals surface area contributed by atoms with Gasteiger partial charge in [0, 0.05) is 0 Å². The van der Waals surface area contributed by atoms with Crippen LogP contribution in [0.15, 0.2) is 40.9 Å². The Balaban J connectivity index is 2.38. The molecule has 2 aromatic rings. The van der Waals surface area contributed by atoms with Crippen LogP contribution in [0.3, 0.4) is 0 Å². The van der Waals surface area contributed by atoms with Crippen molar-refractivity contribution in [3.8, 4) is 23.0 Å². The lowest BCUT2D eigenvalue weighted by Crippen LogP contribution is -1.96. The van der Waals surface area contributed by atoms with E-state index in [-0.39, 0.29) is 0 Å². The largest absolute Gasteiger partial charge is 0.493 e. The van der Waals surface area contributed by atoms with Crippen molar-refractivity contribution in [2.45, 2.75) is 13.0 Å². The van der Waals surface area contributed by atoms with Crippen LogP contribution in [-0.4, -0.2) is 19.3 Å². The summed E-state index contributed by atoms with van der Waals surface area (Å²) in [5.74, 6) is 2.29. The Kier molecular flexibility index (Phi) is 5.09. The summed E-state index contributed by atoms with van der Waals surface area (Å²) in [7, 11) is 3.15. The maximum Gasteiger partial charge on any atom is 0.211 e. The second-order valence-electron chi connectivity index (χ2n) is 4.46. The lowest BCUT2D eigenvalue weighted by atomic mass is 10.1. The fourth-order valence-electron chi connectivity index (χ4n) is 1.89. The number of methoxy groups -OCH3 is 2. The van der Waals surface area contributed by atoms with Crippen LogP contribution in [0.4, 0.5) is 0 Å². The number of rotatable bonds is 5. The standard InChI is InChI=1S/C16H17BrO4/c1-10(18)11-7-8-13(12(17)9-11)21-16-14(19-2)5-4-6-15(16)20-3/h4-10,18H,1-3H3/t10-/m1/s1. The lowest BCUT2D eigenvalue weighted by molar-refractivity contribution is 0.199. The van der Waals surface area contributed by atoms with E-state index in [1.54, 1.807) is 39.3 Å². The molecule has 0 saturated carbocycles. The van der Waals surface area contributed by atoms with Gasteiger partial charge in [0.25, 0.3) is 0 Å². The summed E-state index contributed by atoms with van der Waals surface area (Å²) in [5.41, 5.74) is 0.807. The molecule has 0 bridgehead atoms. The van der Waals surface area contributed by atoms with E-state index in [0.29, 0.717) is 23.0 Å². The fraction of sp³-hybridized carbons (Fsp3) is 0.250. The highest BCUT2D eigenvalue weighted by Gasteiger charge is 2.14. The van der Waals surface area contributed by atoms with Gasteiger partial charge in [-0.3, -0.25) is 0 Å². The summed E-state index contributed by atoms with van der Waals surface area (Å²) in [5, 5.41) is 9.59. The average molecular weight is 353 g/mol. The van der Waals surface area contributed by atoms with Crippen molar-refractivity contribution >= 4 is 15.9 Å². The molecule has 0 aliphatic heterocycles. The van der Waals surface area contributed by atoms with E-state index in [2.05, 4.69) is 15.9 Å². The molecule has 0 aromatic heterocycles. The summed E-state index contributed by atoms with van der Waals surface area (Å²) in [4.78, 5) is 0. The van der Waals surface area contributed by atoms with Gasteiger partial charge in [0.05, 0.1) is 24.8 Å². The average Bonchev–Trinajstić information content (AvgIpc) is 2.49. The number of ether oxygens (including phenoxy) is 3. The predicted octanol–water partition coefficient (Wildman–Crippen LogP) is 4.31. The van der Waals surface area contributed by atoms with Crippen molar-refractivity contribution in [1.29, 1.82) is 0 Å². The maximum absolute atomic E-state index is 9.59. The zero-order valence-corrected chi connectivity index (χ0v) is 13.7. The van der Waals surface area contributed by atoms with Crippen LogP contribution in [0, 0.1) is 0 Å². The molecule has 4 nitrogen and oxygen atoms in total. The first-order valence-corrected chi connectivity index (χ1v) is 7.22.